The van der Waals surface area contributed by atoms with Gasteiger partial charge in [-0.1, -0.05) is 20.8 Å². The molecule has 0 radical (unpaired) electrons. The van der Waals surface area contributed by atoms with Gasteiger partial charge in [0.1, 0.15) is 0 Å². The van der Waals surface area contributed by atoms with E-state index < -0.39 is 0 Å². The van der Waals surface area contributed by atoms with Crippen LogP contribution in [0.5, 0.6) is 0 Å². The number of nitriles is 1. The van der Waals surface area contributed by atoms with Crippen LogP contribution >= 0.6 is 0 Å². The number of nitrogens with one attached hydrogen (secondary N) is 1. The van der Waals surface area contributed by atoms with E-state index in [1.807, 2.05) is 0 Å². The van der Waals surface area contributed by atoms with Crippen LogP contribution in [0.2, 0.25) is 0 Å². The molecular weight excluding hydrogens is 148 g/mol. The summed E-state index contributed by atoms with van der Waals surface area (Å²) in [4.78, 5) is 0. The molecule has 0 heterocycles. The fourth-order valence-corrected chi connectivity index (χ4v) is 1.67. The minimum Gasteiger partial charge on any atom is -0.299 e. The van der Waals surface area contributed by atoms with Crippen LogP contribution in [0.4, 0.5) is 0 Å². The van der Waals surface area contributed by atoms with Gasteiger partial charge in [0.2, 0.25) is 0 Å². The average Bonchev–Trinajstić information content (AvgIpc) is 1.78. The van der Waals surface area contributed by atoms with Gasteiger partial charge in [-0.3, -0.25) is 5.32 Å². The van der Waals surface area contributed by atoms with E-state index in [0.717, 1.165) is 6.42 Å². The third kappa shape index (κ3) is 6.18. The van der Waals surface area contributed by atoms with Crippen LogP contribution in [0, 0.1) is 16.7 Å². The van der Waals surface area contributed by atoms with Gasteiger partial charge in [-0.15, -0.1) is 0 Å². The van der Waals surface area contributed by atoms with Crippen molar-refractivity contribution < 1.29 is 0 Å². The minimum absolute atomic E-state index is 0.0635. The van der Waals surface area contributed by atoms with Gasteiger partial charge in [0, 0.05) is 5.54 Å². The zero-order valence-electron chi connectivity index (χ0n) is 8.86. The number of hydrogen-bond acceptors (Lipinski definition) is 2. The molecule has 0 aromatic heterocycles. The molecule has 0 atom stereocenters. The summed E-state index contributed by atoms with van der Waals surface area (Å²) in [5.74, 6) is 0. The normalized spacial score (nSPS) is 12.7. The molecule has 0 saturated carbocycles. The van der Waals surface area contributed by atoms with Gasteiger partial charge in [-0.25, -0.2) is 0 Å². The number of nitrogens with zero attached hydrogens (tertiary/aromatic N) is 1. The Bertz CT molecular complexity index is 169. The van der Waals surface area contributed by atoms with Crippen LogP contribution in [0.3, 0.4) is 0 Å². The molecular formula is C10H20N2. The van der Waals surface area contributed by atoms with Crippen molar-refractivity contribution in [3.63, 3.8) is 0 Å². The molecule has 0 bridgehead atoms. The molecule has 0 spiro atoms. The molecule has 70 valence electrons. The van der Waals surface area contributed by atoms with Crippen molar-refractivity contribution in [3.8, 4) is 6.07 Å². The summed E-state index contributed by atoms with van der Waals surface area (Å²) in [6.07, 6.45) is 1.07. The molecule has 0 aliphatic rings. The second-order valence-corrected chi connectivity index (χ2v) is 5.13. The van der Waals surface area contributed by atoms with Gasteiger partial charge in [0.15, 0.2) is 0 Å². The Labute approximate surface area is 76.0 Å². The van der Waals surface area contributed by atoms with Gasteiger partial charge in [-0.05, 0) is 25.7 Å². The maximum atomic E-state index is 8.42. The van der Waals surface area contributed by atoms with Crippen LogP contribution in [0.15, 0.2) is 0 Å². The summed E-state index contributed by atoms with van der Waals surface area (Å²) in [7, 11) is 0. The van der Waals surface area contributed by atoms with Gasteiger partial charge >= 0.3 is 0 Å². The van der Waals surface area contributed by atoms with Crippen molar-refractivity contribution in [1.82, 2.24) is 5.32 Å². The predicted molar refractivity (Wildman–Crippen MR) is 51.8 cm³/mol. The van der Waals surface area contributed by atoms with Crippen molar-refractivity contribution in [1.29, 1.82) is 5.26 Å². The Morgan fingerprint density at radius 2 is 1.67 bits per heavy atom. The van der Waals surface area contributed by atoms with Crippen molar-refractivity contribution in [2.24, 2.45) is 5.41 Å². The maximum absolute atomic E-state index is 8.42. The van der Waals surface area contributed by atoms with Crippen LogP contribution in [-0.2, 0) is 0 Å². The van der Waals surface area contributed by atoms with Gasteiger partial charge in [0.25, 0.3) is 0 Å². The van der Waals surface area contributed by atoms with Crippen molar-refractivity contribution in [2.75, 3.05) is 6.54 Å². The van der Waals surface area contributed by atoms with E-state index >= 15 is 0 Å². The highest BCUT2D eigenvalue weighted by Crippen LogP contribution is 2.26. The Hall–Kier alpha value is -0.550. The molecule has 12 heavy (non-hydrogen) atoms. The third-order valence-corrected chi connectivity index (χ3v) is 1.62. The van der Waals surface area contributed by atoms with Crippen LogP contribution in [0.25, 0.3) is 0 Å². The predicted octanol–water partition coefficient (Wildman–Crippen LogP) is 2.31. The van der Waals surface area contributed by atoms with E-state index in [4.69, 9.17) is 5.26 Å². The largest absolute Gasteiger partial charge is 0.299 e. The van der Waals surface area contributed by atoms with Gasteiger partial charge < -0.3 is 0 Å². The third-order valence-electron chi connectivity index (χ3n) is 1.62. The lowest BCUT2D eigenvalue weighted by molar-refractivity contribution is 0.249. The molecule has 0 amide bonds. The summed E-state index contributed by atoms with van der Waals surface area (Å²) in [6, 6.07) is 2.10. The topological polar surface area (TPSA) is 35.8 Å². The average molecular weight is 168 g/mol. The molecule has 0 saturated heterocycles. The molecule has 0 aliphatic heterocycles. The van der Waals surface area contributed by atoms with Crippen molar-refractivity contribution >= 4 is 0 Å². The Balaban J connectivity index is 3.97. The van der Waals surface area contributed by atoms with E-state index in [1.165, 1.54) is 0 Å². The molecule has 2 heteroatoms. The summed E-state index contributed by atoms with van der Waals surface area (Å²) in [6.45, 7) is 11.3. The highest BCUT2D eigenvalue weighted by atomic mass is 14.9. The fraction of sp³-hybridized carbons (Fsp3) is 0.900. The van der Waals surface area contributed by atoms with Crippen LogP contribution in [0.1, 0.15) is 41.0 Å². The molecule has 1 N–H and O–H groups in total. The monoisotopic (exact) mass is 168 g/mol. The lowest BCUT2D eigenvalue weighted by Crippen LogP contribution is -2.42. The molecule has 0 aliphatic carbocycles. The molecule has 0 unspecified atom stereocenters. The molecule has 0 rings (SSSR count). The zero-order valence-corrected chi connectivity index (χ0v) is 8.86. The van der Waals surface area contributed by atoms with E-state index in [2.05, 4.69) is 46.0 Å². The van der Waals surface area contributed by atoms with E-state index in [1.54, 1.807) is 0 Å². The lowest BCUT2D eigenvalue weighted by atomic mass is 9.82. The fourth-order valence-electron chi connectivity index (χ4n) is 1.67. The van der Waals surface area contributed by atoms with Crippen LogP contribution in [-0.4, -0.2) is 12.1 Å². The molecule has 0 aromatic carbocycles. The highest BCUT2D eigenvalue weighted by Gasteiger charge is 2.24. The van der Waals surface area contributed by atoms with E-state index in [-0.39, 0.29) is 5.54 Å². The molecule has 0 aromatic rings. The maximum Gasteiger partial charge on any atom is 0.0845 e. The number of hydrogen-bond donors (Lipinski definition) is 1. The standard InChI is InChI=1S/C10H20N2/c1-9(2,3)8-10(4,5)12-7-6-11/h12H,7-8H2,1-5H3. The molecule has 2 nitrogen and oxygen atoms in total. The SMILES string of the molecule is CC(C)(C)CC(C)(C)NCC#N. The Morgan fingerprint density at radius 1 is 1.17 bits per heavy atom. The first-order valence-corrected chi connectivity index (χ1v) is 4.39. The van der Waals surface area contributed by atoms with Gasteiger partial charge in [0.05, 0.1) is 12.6 Å². The summed E-state index contributed by atoms with van der Waals surface area (Å²) < 4.78 is 0. The van der Waals surface area contributed by atoms with E-state index in [0.29, 0.717) is 12.0 Å². The quantitative estimate of drug-likeness (QED) is 0.656. The Morgan fingerprint density at radius 3 is 2.00 bits per heavy atom. The summed E-state index contributed by atoms with van der Waals surface area (Å²) in [5, 5.41) is 11.6. The number of rotatable bonds is 3. The van der Waals surface area contributed by atoms with Crippen molar-refractivity contribution in [3.05, 3.63) is 0 Å². The lowest BCUT2D eigenvalue weighted by Gasteiger charge is -2.32. The first-order chi connectivity index (χ1) is 5.27. The second kappa shape index (κ2) is 3.91. The minimum atomic E-state index is 0.0635. The Kier molecular flexibility index (Phi) is 3.73. The highest BCUT2D eigenvalue weighted by molar-refractivity contribution is 4.87. The zero-order chi connectivity index (χ0) is 9.83. The smallest absolute Gasteiger partial charge is 0.0845 e. The first kappa shape index (κ1) is 11.4. The summed E-state index contributed by atoms with van der Waals surface area (Å²) >= 11 is 0. The van der Waals surface area contributed by atoms with Crippen LogP contribution < -0.4 is 5.32 Å². The molecule has 0 fully saturated rings. The van der Waals surface area contributed by atoms with E-state index in [9.17, 15) is 0 Å². The summed E-state index contributed by atoms with van der Waals surface area (Å²) in [5.41, 5.74) is 0.375. The van der Waals surface area contributed by atoms with Crippen molar-refractivity contribution in [2.45, 2.75) is 46.6 Å². The first-order valence-electron chi connectivity index (χ1n) is 4.39. The van der Waals surface area contributed by atoms with Gasteiger partial charge in [-0.2, -0.15) is 5.26 Å². The second-order valence-electron chi connectivity index (χ2n) is 5.13.